The molecular weight excluding hydrogens is 332 g/mol. The van der Waals surface area contributed by atoms with Crippen LogP contribution in [0, 0.1) is 0 Å². The number of nitrogens with zero attached hydrogens (tertiary/aromatic N) is 6. The molecule has 0 radical (unpaired) electrons. The second-order valence-corrected chi connectivity index (χ2v) is 6.92. The number of aromatic nitrogens is 4. The Labute approximate surface area is 153 Å². The topological polar surface area (TPSA) is 87.4 Å². The van der Waals surface area contributed by atoms with Crippen LogP contribution >= 0.6 is 0 Å². The van der Waals surface area contributed by atoms with Crippen LogP contribution in [0.15, 0.2) is 30.7 Å². The molecule has 1 N–H and O–H groups in total. The fourth-order valence-corrected chi connectivity index (χ4v) is 3.40. The smallest absolute Gasteiger partial charge is 0.274 e. The molecule has 1 atom stereocenters. The molecule has 0 aromatic carbocycles. The van der Waals surface area contributed by atoms with Crippen LogP contribution in [0.25, 0.3) is 0 Å². The Bertz CT molecular complexity index is 734. The maximum Gasteiger partial charge on any atom is 0.274 e. The Hall–Kier alpha value is -2.48. The highest BCUT2D eigenvalue weighted by molar-refractivity contribution is 5.92. The number of carbonyl (C=O) groups is 1. The Kier molecular flexibility index (Phi) is 5.51. The molecule has 0 bridgehead atoms. The molecule has 1 saturated heterocycles. The van der Waals surface area contributed by atoms with E-state index in [1.165, 1.54) is 0 Å². The van der Waals surface area contributed by atoms with Crippen molar-refractivity contribution in [3.63, 3.8) is 0 Å². The summed E-state index contributed by atoms with van der Waals surface area (Å²) >= 11 is 0. The van der Waals surface area contributed by atoms with E-state index in [-0.39, 0.29) is 12.5 Å². The Morgan fingerprint density at radius 2 is 2.15 bits per heavy atom. The minimum atomic E-state index is -0.992. The van der Waals surface area contributed by atoms with Crippen LogP contribution in [-0.4, -0.2) is 67.9 Å². The quantitative estimate of drug-likeness (QED) is 0.834. The largest absolute Gasteiger partial charge is 0.386 e. The highest BCUT2D eigenvalue weighted by atomic mass is 16.3. The van der Waals surface area contributed by atoms with Crippen molar-refractivity contribution in [2.24, 2.45) is 0 Å². The zero-order chi connectivity index (χ0) is 18.6. The van der Waals surface area contributed by atoms with Gasteiger partial charge in [-0.05, 0) is 31.4 Å². The van der Waals surface area contributed by atoms with E-state index in [2.05, 4.69) is 22.0 Å². The van der Waals surface area contributed by atoms with Gasteiger partial charge >= 0.3 is 0 Å². The molecule has 1 unspecified atom stereocenters. The van der Waals surface area contributed by atoms with Gasteiger partial charge in [0.2, 0.25) is 5.95 Å². The molecule has 2 aromatic heterocycles. The van der Waals surface area contributed by atoms with Crippen LogP contribution in [0.5, 0.6) is 0 Å². The number of amides is 1. The summed E-state index contributed by atoms with van der Waals surface area (Å²) in [5.41, 5.74) is -0.586. The van der Waals surface area contributed by atoms with E-state index < -0.39 is 5.60 Å². The summed E-state index contributed by atoms with van der Waals surface area (Å²) in [4.78, 5) is 24.7. The predicted octanol–water partition coefficient (Wildman–Crippen LogP) is 1.19. The first-order valence-electron chi connectivity index (χ1n) is 9.04. The molecule has 8 nitrogen and oxygen atoms in total. The monoisotopic (exact) mass is 358 g/mol. The van der Waals surface area contributed by atoms with Crippen LogP contribution in [0.2, 0.25) is 0 Å². The number of hydrogen-bond donors (Lipinski definition) is 1. The first kappa shape index (κ1) is 18.3. The Morgan fingerprint density at radius 1 is 1.38 bits per heavy atom. The van der Waals surface area contributed by atoms with E-state index >= 15 is 0 Å². The first-order valence-corrected chi connectivity index (χ1v) is 9.04. The van der Waals surface area contributed by atoms with E-state index in [1.807, 2.05) is 11.1 Å². The molecule has 2 aromatic rings. The van der Waals surface area contributed by atoms with E-state index in [0.29, 0.717) is 24.6 Å². The summed E-state index contributed by atoms with van der Waals surface area (Å²) in [5, 5.41) is 15.4. The third-order valence-corrected chi connectivity index (χ3v) is 4.58. The Morgan fingerprint density at radius 3 is 2.88 bits per heavy atom. The number of likely N-dealkylation sites (N-methyl/N-ethyl adjacent to an activating group) is 1. The highest BCUT2D eigenvalue weighted by Crippen LogP contribution is 2.24. The first-order chi connectivity index (χ1) is 12.5. The molecule has 0 saturated carbocycles. The van der Waals surface area contributed by atoms with Gasteiger partial charge in [0.25, 0.3) is 5.91 Å². The third-order valence-electron chi connectivity index (χ3n) is 4.58. The van der Waals surface area contributed by atoms with E-state index in [1.54, 1.807) is 41.2 Å². The van der Waals surface area contributed by atoms with Gasteiger partial charge in [-0.1, -0.05) is 6.92 Å². The minimum absolute atomic E-state index is 0.179. The molecule has 8 heteroatoms. The summed E-state index contributed by atoms with van der Waals surface area (Å²) in [6.45, 7) is 4.29. The van der Waals surface area contributed by atoms with Gasteiger partial charge in [-0.2, -0.15) is 5.10 Å². The fraction of sp³-hybridized carbons (Fsp3) is 0.556. The van der Waals surface area contributed by atoms with Crippen molar-refractivity contribution in [2.45, 2.75) is 38.3 Å². The molecule has 0 spiro atoms. The normalized spacial score (nSPS) is 20.2. The van der Waals surface area contributed by atoms with Crippen LogP contribution in [0.4, 0.5) is 5.95 Å². The standard InChI is InChI=1S/C18H26N6O2/c1-3-10-24-12-6-15(21-24)16(25)22(2)13-18(26)7-4-11-23(14-18)17-19-8-5-9-20-17/h5-6,8-9,12,26H,3-4,7,10-11,13-14H2,1-2H3. The molecule has 1 aliphatic rings. The number of carbonyl (C=O) groups excluding carboxylic acids is 1. The van der Waals surface area contributed by atoms with Gasteiger partial charge in [0.1, 0.15) is 5.69 Å². The van der Waals surface area contributed by atoms with Crippen LogP contribution in [0.3, 0.4) is 0 Å². The average Bonchev–Trinajstić information content (AvgIpc) is 3.10. The predicted molar refractivity (Wildman–Crippen MR) is 97.9 cm³/mol. The van der Waals surface area contributed by atoms with Crippen LogP contribution < -0.4 is 4.90 Å². The Balaban J connectivity index is 1.65. The van der Waals surface area contributed by atoms with Crippen molar-refractivity contribution in [3.05, 3.63) is 36.4 Å². The molecule has 0 aliphatic carbocycles. The summed E-state index contributed by atoms with van der Waals surface area (Å²) in [6, 6.07) is 3.49. The number of aryl methyl sites for hydroxylation is 1. The number of piperidine rings is 1. The SMILES string of the molecule is CCCn1ccc(C(=O)N(C)CC2(O)CCCN(c3ncccn3)C2)n1. The number of β-amino-alcohol motifs (C(OH)–C–C–N with tert-alkyl or cyclic N) is 1. The maximum absolute atomic E-state index is 12.6. The molecule has 26 heavy (non-hydrogen) atoms. The van der Waals surface area contributed by atoms with Gasteiger partial charge in [0.05, 0.1) is 18.7 Å². The zero-order valence-electron chi connectivity index (χ0n) is 15.4. The number of aliphatic hydroxyl groups is 1. The van der Waals surface area contributed by atoms with Crippen molar-refractivity contribution in [1.29, 1.82) is 0 Å². The van der Waals surface area contributed by atoms with Crippen molar-refractivity contribution in [3.8, 4) is 0 Å². The minimum Gasteiger partial charge on any atom is -0.386 e. The molecule has 1 aliphatic heterocycles. The van der Waals surface area contributed by atoms with E-state index in [4.69, 9.17) is 0 Å². The second-order valence-electron chi connectivity index (χ2n) is 6.92. The van der Waals surface area contributed by atoms with Gasteiger partial charge in [-0.15, -0.1) is 0 Å². The van der Waals surface area contributed by atoms with Crippen molar-refractivity contribution in [1.82, 2.24) is 24.6 Å². The summed E-state index contributed by atoms with van der Waals surface area (Å²) in [6.07, 6.45) is 7.62. The van der Waals surface area contributed by atoms with Gasteiger partial charge < -0.3 is 14.9 Å². The van der Waals surface area contributed by atoms with Crippen molar-refractivity contribution < 1.29 is 9.90 Å². The molecule has 140 valence electrons. The lowest BCUT2D eigenvalue weighted by Crippen LogP contribution is -2.55. The van der Waals surface area contributed by atoms with Gasteiger partial charge in [0, 0.05) is 38.7 Å². The van der Waals surface area contributed by atoms with Crippen LogP contribution in [-0.2, 0) is 6.54 Å². The summed E-state index contributed by atoms with van der Waals surface area (Å²) < 4.78 is 1.77. The lowest BCUT2D eigenvalue weighted by atomic mass is 9.92. The van der Waals surface area contributed by atoms with Crippen molar-refractivity contribution in [2.75, 3.05) is 31.6 Å². The van der Waals surface area contributed by atoms with Crippen LogP contribution in [0.1, 0.15) is 36.7 Å². The average molecular weight is 358 g/mol. The summed E-state index contributed by atoms with van der Waals surface area (Å²) in [5.74, 6) is 0.430. The molecule has 3 heterocycles. The fourth-order valence-electron chi connectivity index (χ4n) is 3.40. The third kappa shape index (κ3) is 4.19. The summed E-state index contributed by atoms with van der Waals surface area (Å²) in [7, 11) is 1.71. The number of hydrogen-bond acceptors (Lipinski definition) is 6. The second kappa shape index (κ2) is 7.82. The number of rotatable bonds is 6. The van der Waals surface area contributed by atoms with Gasteiger partial charge in [0.15, 0.2) is 0 Å². The molecule has 1 amide bonds. The van der Waals surface area contributed by atoms with Crippen molar-refractivity contribution >= 4 is 11.9 Å². The zero-order valence-corrected chi connectivity index (χ0v) is 15.4. The van der Waals surface area contributed by atoms with E-state index in [0.717, 1.165) is 25.9 Å². The molecule has 3 rings (SSSR count). The molecule has 1 fully saturated rings. The number of anilines is 1. The van der Waals surface area contributed by atoms with E-state index in [9.17, 15) is 9.90 Å². The maximum atomic E-state index is 12.6. The lowest BCUT2D eigenvalue weighted by Gasteiger charge is -2.41. The van der Waals surface area contributed by atoms with Gasteiger partial charge in [-0.25, -0.2) is 9.97 Å². The molecular formula is C18H26N6O2. The highest BCUT2D eigenvalue weighted by Gasteiger charge is 2.36. The van der Waals surface area contributed by atoms with Gasteiger partial charge in [-0.3, -0.25) is 9.48 Å². The lowest BCUT2D eigenvalue weighted by molar-refractivity contribution is -0.000460.